The van der Waals surface area contributed by atoms with Crippen LogP contribution in [0.4, 0.5) is 0 Å². The summed E-state index contributed by atoms with van der Waals surface area (Å²) in [5, 5.41) is 36.4. The van der Waals surface area contributed by atoms with Crippen molar-refractivity contribution < 1.29 is 0 Å². The van der Waals surface area contributed by atoms with Gasteiger partial charge in [0.15, 0.2) is 10.8 Å². The van der Waals surface area contributed by atoms with Gasteiger partial charge in [0.1, 0.15) is 0 Å². The largest absolute Gasteiger partial charge is 0.196 e. The van der Waals surface area contributed by atoms with Crippen LogP contribution in [0.25, 0.3) is 0 Å². The summed E-state index contributed by atoms with van der Waals surface area (Å²) in [7, 11) is 0. The molecule has 0 unspecified atom stereocenters. The first-order chi connectivity index (χ1) is 7.20. The average Bonchev–Trinajstić information content (AvgIpc) is 2.56. The molecule has 1 spiro atoms. The first-order valence-electron chi connectivity index (χ1n) is 4.85. The quantitative estimate of drug-likeness (QED) is 0.588. The minimum Gasteiger partial charge on any atom is -0.196 e. The molecular formula is C11H8N4. The zero-order valence-electron chi connectivity index (χ0n) is 8.12. The predicted molar refractivity (Wildman–Crippen MR) is 48.2 cm³/mol. The van der Waals surface area contributed by atoms with Crippen molar-refractivity contribution in [3.8, 4) is 24.3 Å². The number of nitriles is 4. The van der Waals surface area contributed by atoms with Crippen LogP contribution in [-0.4, -0.2) is 0 Å². The first-order valence-corrected chi connectivity index (χ1v) is 4.85. The van der Waals surface area contributed by atoms with Gasteiger partial charge in [-0.1, -0.05) is 12.8 Å². The Bertz CT molecular complexity index is 403. The maximum atomic E-state index is 9.11. The highest BCUT2D eigenvalue weighted by Gasteiger charge is 2.91. The van der Waals surface area contributed by atoms with E-state index in [1.165, 1.54) is 0 Å². The molecule has 15 heavy (non-hydrogen) atoms. The summed E-state index contributed by atoms with van der Waals surface area (Å²) in [4.78, 5) is 0. The minimum atomic E-state index is -1.39. The zero-order valence-corrected chi connectivity index (χ0v) is 8.12. The highest BCUT2D eigenvalue weighted by Crippen LogP contribution is 2.82. The number of hydrogen-bond acceptors (Lipinski definition) is 4. The molecule has 0 aromatic heterocycles. The number of nitrogens with zero attached hydrogens (tertiary/aromatic N) is 4. The van der Waals surface area contributed by atoms with E-state index in [4.69, 9.17) is 21.0 Å². The van der Waals surface area contributed by atoms with Crippen molar-refractivity contribution in [2.45, 2.75) is 25.7 Å². The molecule has 2 aliphatic rings. The molecule has 2 fully saturated rings. The molecule has 2 aliphatic carbocycles. The van der Waals surface area contributed by atoms with Crippen LogP contribution in [0.5, 0.6) is 0 Å². The van der Waals surface area contributed by atoms with Crippen LogP contribution < -0.4 is 0 Å². The molecule has 0 radical (unpaired) electrons. The number of rotatable bonds is 0. The van der Waals surface area contributed by atoms with Crippen LogP contribution in [0.15, 0.2) is 0 Å². The van der Waals surface area contributed by atoms with Gasteiger partial charge in [0.05, 0.1) is 24.3 Å². The van der Waals surface area contributed by atoms with Gasteiger partial charge in [-0.05, 0) is 12.8 Å². The molecule has 0 aromatic carbocycles. The summed E-state index contributed by atoms with van der Waals surface area (Å²) in [5.74, 6) is 0. The van der Waals surface area contributed by atoms with Crippen LogP contribution in [0, 0.1) is 61.6 Å². The molecule has 0 N–H and O–H groups in total. The standard InChI is InChI=1S/C11H8N4/c12-5-10(6-13)9(3-1-2-4-9)11(10,7-14)8-15/h1-4H2. The first kappa shape index (κ1) is 9.51. The molecule has 2 saturated carbocycles. The molecule has 0 amide bonds. The Balaban J connectivity index is 2.63. The van der Waals surface area contributed by atoms with E-state index in [-0.39, 0.29) is 0 Å². The maximum absolute atomic E-state index is 9.11. The Morgan fingerprint density at radius 3 is 1.27 bits per heavy atom. The van der Waals surface area contributed by atoms with E-state index in [9.17, 15) is 0 Å². The van der Waals surface area contributed by atoms with Crippen molar-refractivity contribution in [2.24, 2.45) is 16.2 Å². The van der Waals surface area contributed by atoms with Gasteiger partial charge in [0.25, 0.3) is 0 Å². The lowest BCUT2D eigenvalue weighted by Gasteiger charge is -2.05. The van der Waals surface area contributed by atoms with Gasteiger partial charge in [-0.3, -0.25) is 0 Å². The SMILES string of the molecule is N#CC1(C#N)C(C#N)(C#N)C12CCCC2. The topological polar surface area (TPSA) is 95.2 Å². The third-order valence-electron chi connectivity index (χ3n) is 4.06. The molecule has 0 heterocycles. The second-order valence-corrected chi connectivity index (χ2v) is 4.24. The fourth-order valence-electron chi connectivity index (χ4n) is 3.23. The van der Waals surface area contributed by atoms with E-state index in [1.807, 2.05) is 24.3 Å². The Kier molecular flexibility index (Phi) is 1.59. The van der Waals surface area contributed by atoms with E-state index in [1.54, 1.807) is 0 Å². The molecule has 72 valence electrons. The van der Waals surface area contributed by atoms with Gasteiger partial charge in [-0.15, -0.1) is 0 Å². The smallest absolute Gasteiger partial charge is 0.184 e. The number of hydrogen-bond donors (Lipinski definition) is 0. The molecule has 2 rings (SSSR count). The Morgan fingerprint density at radius 2 is 1.00 bits per heavy atom. The molecule has 0 saturated heterocycles. The summed E-state index contributed by atoms with van der Waals surface area (Å²) in [6.45, 7) is 0. The van der Waals surface area contributed by atoms with Crippen molar-refractivity contribution in [3.63, 3.8) is 0 Å². The lowest BCUT2D eigenvalue weighted by molar-refractivity contribution is 0.439. The van der Waals surface area contributed by atoms with Gasteiger partial charge in [0.2, 0.25) is 0 Å². The van der Waals surface area contributed by atoms with Gasteiger partial charge in [-0.2, -0.15) is 21.0 Å². The van der Waals surface area contributed by atoms with E-state index < -0.39 is 16.2 Å². The maximum Gasteiger partial charge on any atom is 0.184 e. The molecular weight excluding hydrogens is 188 g/mol. The summed E-state index contributed by atoms with van der Waals surface area (Å²) < 4.78 is 0. The van der Waals surface area contributed by atoms with Crippen LogP contribution >= 0.6 is 0 Å². The predicted octanol–water partition coefficient (Wildman–Crippen LogP) is 1.63. The van der Waals surface area contributed by atoms with Gasteiger partial charge in [0, 0.05) is 5.41 Å². The molecule has 4 nitrogen and oxygen atoms in total. The molecule has 0 aliphatic heterocycles. The van der Waals surface area contributed by atoms with Gasteiger partial charge >= 0.3 is 0 Å². The summed E-state index contributed by atoms with van der Waals surface area (Å²) >= 11 is 0. The fourth-order valence-corrected chi connectivity index (χ4v) is 3.23. The van der Waals surface area contributed by atoms with E-state index in [0.717, 1.165) is 12.8 Å². The molecule has 0 atom stereocenters. The summed E-state index contributed by atoms with van der Waals surface area (Å²) in [6.07, 6.45) is 3.09. The van der Waals surface area contributed by atoms with Crippen molar-refractivity contribution >= 4 is 0 Å². The Labute approximate surface area is 87.9 Å². The average molecular weight is 196 g/mol. The normalized spacial score (nSPS) is 26.9. The second-order valence-electron chi connectivity index (χ2n) is 4.24. The van der Waals surface area contributed by atoms with Crippen LogP contribution in [-0.2, 0) is 0 Å². The monoisotopic (exact) mass is 196 g/mol. The third kappa shape index (κ3) is 0.614. The van der Waals surface area contributed by atoms with Gasteiger partial charge in [-0.25, -0.2) is 0 Å². The zero-order chi connectivity index (χ0) is 11.2. The molecule has 0 aromatic rings. The summed E-state index contributed by atoms with van der Waals surface area (Å²) in [6, 6.07) is 7.69. The van der Waals surface area contributed by atoms with Crippen molar-refractivity contribution in [3.05, 3.63) is 0 Å². The van der Waals surface area contributed by atoms with Crippen molar-refractivity contribution in [1.29, 1.82) is 21.0 Å². The molecule has 4 heteroatoms. The highest BCUT2D eigenvalue weighted by molar-refractivity contribution is 5.56. The van der Waals surface area contributed by atoms with Crippen molar-refractivity contribution in [2.75, 3.05) is 0 Å². The van der Waals surface area contributed by atoms with Crippen LogP contribution in [0.1, 0.15) is 25.7 Å². The Morgan fingerprint density at radius 1 is 0.667 bits per heavy atom. The lowest BCUT2D eigenvalue weighted by atomic mass is 9.92. The highest BCUT2D eigenvalue weighted by atomic mass is 14.9. The Hall–Kier alpha value is -2.04. The summed E-state index contributed by atoms with van der Waals surface area (Å²) in [5.41, 5.74) is -3.45. The molecule has 0 bridgehead atoms. The van der Waals surface area contributed by atoms with Crippen LogP contribution in [0.2, 0.25) is 0 Å². The van der Waals surface area contributed by atoms with E-state index >= 15 is 0 Å². The van der Waals surface area contributed by atoms with E-state index in [2.05, 4.69) is 0 Å². The lowest BCUT2D eigenvalue weighted by Crippen LogP contribution is -2.06. The van der Waals surface area contributed by atoms with Crippen molar-refractivity contribution in [1.82, 2.24) is 0 Å². The fraction of sp³-hybridized carbons (Fsp3) is 0.636. The van der Waals surface area contributed by atoms with Gasteiger partial charge < -0.3 is 0 Å². The second kappa shape index (κ2) is 2.50. The van der Waals surface area contributed by atoms with Crippen LogP contribution in [0.3, 0.4) is 0 Å². The van der Waals surface area contributed by atoms with E-state index in [0.29, 0.717) is 12.8 Å². The minimum absolute atomic E-state index is 0.648. The third-order valence-corrected chi connectivity index (χ3v) is 4.06.